The second kappa shape index (κ2) is 8.12. The van der Waals surface area contributed by atoms with Gasteiger partial charge in [0.15, 0.2) is 5.82 Å². The fourth-order valence-corrected chi connectivity index (χ4v) is 4.29. The van der Waals surface area contributed by atoms with Crippen molar-refractivity contribution in [3.05, 3.63) is 29.2 Å². The molecule has 2 aliphatic carbocycles. The van der Waals surface area contributed by atoms with E-state index < -0.39 is 0 Å². The summed E-state index contributed by atoms with van der Waals surface area (Å²) in [6, 6.07) is 1.95. The molecule has 2 aliphatic rings. The Morgan fingerprint density at radius 1 is 1.30 bits per heavy atom. The van der Waals surface area contributed by atoms with Crippen LogP contribution in [0.2, 0.25) is 0 Å². The number of anilines is 1. The lowest BCUT2D eigenvalue weighted by molar-refractivity contribution is -0.117. The summed E-state index contributed by atoms with van der Waals surface area (Å²) < 4.78 is 7.33. The average molecular weight is 415 g/mol. The highest BCUT2D eigenvalue weighted by Gasteiger charge is 2.45. The van der Waals surface area contributed by atoms with Crippen molar-refractivity contribution in [2.45, 2.75) is 70.4 Å². The van der Waals surface area contributed by atoms with Crippen molar-refractivity contribution < 1.29 is 14.3 Å². The monoisotopic (exact) mass is 414 g/mol. The van der Waals surface area contributed by atoms with Crippen molar-refractivity contribution >= 4 is 17.8 Å². The van der Waals surface area contributed by atoms with Gasteiger partial charge >= 0.3 is 6.09 Å². The first-order valence-corrected chi connectivity index (χ1v) is 10.6. The van der Waals surface area contributed by atoms with E-state index in [0.29, 0.717) is 5.82 Å². The van der Waals surface area contributed by atoms with Crippen LogP contribution >= 0.6 is 0 Å². The van der Waals surface area contributed by atoms with Gasteiger partial charge in [-0.1, -0.05) is 0 Å². The van der Waals surface area contributed by atoms with Crippen LogP contribution in [0.15, 0.2) is 12.3 Å². The van der Waals surface area contributed by atoms with Gasteiger partial charge in [-0.05, 0) is 57.9 Å². The highest BCUT2D eigenvalue weighted by atomic mass is 16.6. The number of aromatic amines is 1. The Kier molecular flexibility index (Phi) is 5.53. The first-order chi connectivity index (χ1) is 14.3. The smallest absolute Gasteiger partial charge is 0.407 e. The molecule has 0 radical (unpaired) electrons. The summed E-state index contributed by atoms with van der Waals surface area (Å²) in [4.78, 5) is 24.4. The summed E-state index contributed by atoms with van der Waals surface area (Å²) in [6.45, 7) is 5.84. The predicted octanol–water partition coefficient (Wildman–Crippen LogP) is 2.96. The van der Waals surface area contributed by atoms with Crippen molar-refractivity contribution in [1.82, 2.24) is 25.3 Å². The van der Waals surface area contributed by atoms with Crippen LogP contribution in [0.25, 0.3) is 0 Å². The number of H-pyrrole nitrogens is 1. The van der Waals surface area contributed by atoms with Crippen molar-refractivity contribution in [3.8, 4) is 0 Å². The van der Waals surface area contributed by atoms with Gasteiger partial charge in [-0.25, -0.2) is 4.79 Å². The fraction of sp³-hybridized carbons (Fsp3) is 0.619. The number of nitrogens with one attached hydrogen (secondary N) is 3. The molecular formula is C21H30N6O3. The summed E-state index contributed by atoms with van der Waals surface area (Å²) >= 11 is 0. The van der Waals surface area contributed by atoms with Crippen molar-refractivity contribution in [3.63, 3.8) is 0 Å². The molecule has 0 spiro atoms. The van der Waals surface area contributed by atoms with Gasteiger partial charge in [-0.2, -0.15) is 10.2 Å². The molecule has 2 aromatic heterocycles. The van der Waals surface area contributed by atoms with Gasteiger partial charge in [0.25, 0.3) is 0 Å². The van der Waals surface area contributed by atoms with Crippen LogP contribution in [0.5, 0.6) is 0 Å². The third-order valence-electron chi connectivity index (χ3n) is 6.15. The van der Waals surface area contributed by atoms with E-state index in [4.69, 9.17) is 4.74 Å². The van der Waals surface area contributed by atoms with E-state index in [1.165, 1.54) is 0 Å². The van der Waals surface area contributed by atoms with Gasteiger partial charge in [0.1, 0.15) is 6.10 Å². The van der Waals surface area contributed by atoms with E-state index in [-0.39, 0.29) is 41.9 Å². The lowest BCUT2D eigenvalue weighted by Crippen LogP contribution is -2.33. The maximum Gasteiger partial charge on any atom is 0.407 e. The Hall–Kier alpha value is -2.84. The minimum absolute atomic E-state index is 0.000656. The Balaban J connectivity index is 1.28. The SMILES string of the molecule is Cc1c(C2CC2C(=O)Nc2cc([C@H]3CC[C@@H](OC(=O)NC(C)C)C3)[nH]n2)cnn1C. The molecule has 2 aromatic rings. The van der Waals surface area contributed by atoms with Gasteiger partial charge < -0.3 is 15.4 Å². The van der Waals surface area contributed by atoms with Gasteiger partial charge in [-0.3, -0.25) is 14.6 Å². The highest BCUT2D eigenvalue weighted by molar-refractivity contribution is 5.94. The first-order valence-electron chi connectivity index (χ1n) is 10.6. The zero-order valence-electron chi connectivity index (χ0n) is 17.9. The molecular weight excluding hydrogens is 384 g/mol. The molecule has 0 aliphatic heterocycles. The second-order valence-corrected chi connectivity index (χ2v) is 8.79. The maximum atomic E-state index is 12.6. The molecule has 2 saturated carbocycles. The number of hydrogen-bond acceptors (Lipinski definition) is 5. The number of carbonyl (C=O) groups excluding carboxylic acids is 2. The summed E-state index contributed by atoms with van der Waals surface area (Å²) in [5, 5.41) is 17.3. The van der Waals surface area contributed by atoms with Crippen LogP contribution in [-0.2, 0) is 16.6 Å². The van der Waals surface area contributed by atoms with Crippen molar-refractivity contribution in [1.29, 1.82) is 0 Å². The standard InChI is InChI=1S/C21H30N6O3/c1-11(2)23-21(29)30-14-6-5-13(7-14)18-9-19(26-25-18)24-20(28)16-8-15(16)17-10-22-27(4)12(17)3/h9-11,13-16H,5-8H2,1-4H3,(H,23,29)(H2,24,25,26,28)/t13-,14+,15?,16?/m0/s1. The summed E-state index contributed by atoms with van der Waals surface area (Å²) in [7, 11) is 1.91. The van der Waals surface area contributed by atoms with Gasteiger partial charge in [-0.15, -0.1) is 0 Å². The third kappa shape index (κ3) is 4.34. The van der Waals surface area contributed by atoms with Crippen LogP contribution in [0.1, 0.15) is 68.3 Å². The van der Waals surface area contributed by atoms with Crippen LogP contribution in [0.3, 0.4) is 0 Å². The van der Waals surface area contributed by atoms with Crippen LogP contribution in [0.4, 0.5) is 10.6 Å². The molecule has 2 fully saturated rings. The number of aromatic nitrogens is 4. The molecule has 2 heterocycles. The highest BCUT2D eigenvalue weighted by Crippen LogP contribution is 2.49. The number of alkyl carbamates (subject to hydrolysis) is 1. The number of carbonyl (C=O) groups is 2. The molecule has 3 N–H and O–H groups in total. The Morgan fingerprint density at radius 3 is 2.80 bits per heavy atom. The number of nitrogens with zero attached hydrogens (tertiary/aromatic N) is 3. The Bertz CT molecular complexity index is 933. The first kappa shape index (κ1) is 20.4. The molecule has 4 atom stereocenters. The van der Waals surface area contributed by atoms with Crippen LogP contribution < -0.4 is 10.6 Å². The summed E-state index contributed by atoms with van der Waals surface area (Å²) in [5.74, 6) is 0.995. The minimum atomic E-state index is -0.365. The molecule has 9 heteroatoms. The largest absolute Gasteiger partial charge is 0.446 e. The molecule has 4 rings (SSSR count). The van der Waals surface area contributed by atoms with E-state index in [1.807, 2.05) is 44.8 Å². The Morgan fingerprint density at radius 2 is 2.10 bits per heavy atom. The quantitative estimate of drug-likeness (QED) is 0.672. The van der Waals surface area contributed by atoms with E-state index >= 15 is 0 Å². The van der Waals surface area contributed by atoms with Gasteiger partial charge in [0, 0.05) is 42.4 Å². The molecule has 2 unspecified atom stereocenters. The lowest BCUT2D eigenvalue weighted by Gasteiger charge is -2.14. The Labute approximate surface area is 175 Å². The molecule has 30 heavy (non-hydrogen) atoms. The van der Waals surface area contributed by atoms with Crippen molar-refractivity contribution in [2.75, 3.05) is 5.32 Å². The van der Waals surface area contributed by atoms with E-state index in [9.17, 15) is 9.59 Å². The van der Waals surface area contributed by atoms with E-state index in [2.05, 4.69) is 25.9 Å². The average Bonchev–Trinajstić information content (AvgIpc) is 2.97. The fourth-order valence-electron chi connectivity index (χ4n) is 4.29. The zero-order chi connectivity index (χ0) is 21.4. The number of amides is 2. The zero-order valence-corrected chi connectivity index (χ0v) is 17.9. The van der Waals surface area contributed by atoms with E-state index in [0.717, 1.165) is 42.6 Å². The van der Waals surface area contributed by atoms with Gasteiger partial charge in [0.2, 0.25) is 5.91 Å². The molecule has 9 nitrogen and oxygen atoms in total. The molecule has 0 saturated heterocycles. The number of ether oxygens (including phenoxy) is 1. The predicted molar refractivity (Wildman–Crippen MR) is 111 cm³/mol. The number of rotatable bonds is 6. The van der Waals surface area contributed by atoms with Crippen LogP contribution in [-0.4, -0.2) is 44.1 Å². The number of aryl methyl sites for hydroxylation is 1. The normalized spacial score (nSPS) is 25.4. The van der Waals surface area contributed by atoms with E-state index in [1.54, 1.807) is 0 Å². The lowest BCUT2D eigenvalue weighted by atomic mass is 10.0. The number of hydrogen-bond donors (Lipinski definition) is 3. The molecule has 0 bridgehead atoms. The molecule has 2 amide bonds. The molecule has 0 aromatic carbocycles. The molecule has 162 valence electrons. The van der Waals surface area contributed by atoms with Gasteiger partial charge in [0.05, 0.1) is 6.20 Å². The summed E-state index contributed by atoms with van der Waals surface area (Å²) in [6.07, 6.45) is 4.74. The third-order valence-corrected chi connectivity index (χ3v) is 6.15. The minimum Gasteiger partial charge on any atom is -0.446 e. The maximum absolute atomic E-state index is 12.6. The van der Waals surface area contributed by atoms with Crippen molar-refractivity contribution in [2.24, 2.45) is 13.0 Å². The summed E-state index contributed by atoms with van der Waals surface area (Å²) in [5.41, 5.74) is 3.23. The second-order valence-electron chi connectivity index (χ2n) is 8.79. The topological polar surface area (TPSA) is 114 Å². The van der Waals surface area contributed by atoms with Crippen LogP contribution in [0, 0.1) is 12.8 Å².